The Balaban J connectivity index is 2.42. The minimum Gasteiger partial charge on any atom is -0.392 e. The van der Waals surface area contributed by atoms with Crippen molar-refractivity contribution in [3.05, 3.63) is 29.8 Å². The lowest BCUT2D eigenvalue weighted by Crippen LogP contribution is -2.12. The van der Waals surface area contributed by atoms with E-state index in [9.17, 15) is 4.79 Å². The molecule has 17 heavy (non-hydrogen) atoms. The SMILES string of the molecule is C#CCCCCC(=O)Nc1ccccc1CO. The molecule has 2 N–H and O–H groups in total. The predicted octanol–water partition coefficient (Wildman–Crippen LogP) is 2.31. The van der Waals surface area contributed by atoms with Crippen LogP contribution in [-0.2, 0) is 11.4 Å². The third-order valence-electron chi connectivity index (χ3n) is 2.44. The van der Waals surface area contributed by atoms with Gasteiger partial charge in [-0.05, 0) is 18.9 Å². The molecule has 0 atom stereocenters. The van der Waals surface area contributed by atoms with E-state index >= 15 is 0 Å². The molecule has 0 bridgehead atoms. The molecule has 0 unspecified atom stereocenters. The van der Waals surface area contributed by atoms with E-state index in [-0.39, 0.29) is 12.5 Å². The van der Waals surface area contributed by atoms with E-state index in [1.807, 2.05) is 12.1 Å². The topological polar surface area (TPSA) is 49.3 Å². The second-order valence-electron chi connectivity index (χ2n) is 3.77. The zero-order chi connectivity index (χ0) is 12.5. The summed E-state index contributed by atoms with van der Waals surface area (Å²) < 4.78 is 0. The average molecular weight is 231 g/mol. The molecule has 1 aromatic rings. The zero-order valence-electron chi connectivity index (χ0n) is 9.78. The fourth-order valence-electron chi connectivity index (χ4n) is 1.51. The summed E-state index contributed by atoms with van der Waals surface area (Å²) in [6, 6.07) is 7.22. The summed E-state index contributed by atoms with van der Waals surface area (Å²) in [5.74, 6) is 2.51. The first kappa shape index (κ1) is 13.3. The molecular weight excluding hydrogens is 214 g/mol. The molecule has 0 aromatic heterocycles. The van der Waals surface area contributed by atoms with Crippen LogP contribution < -0.4 is 5.32 Å². The van der Waals surface area contributed by atoms with Crippen molar-refractivity contribution >= 4 is 11.6 Å². The number of hydrogen-bond donors (Lipinski definition) is 2. The number of carbonyl (C=O) groups is 1. The summed E-state index contributed by atoms with van der Waals surface area (Å²) in [6.45, 7) is -0.0758. The normalized spacial score (nSPS) is 9.65. The third kappa shape index (κ3) is 4.71. The number of rotatable bonds is 6. The standard InChI is InChI=1S/C14H17NO2/c1-2-3-4-5-10-14(17)15-13-9-7-6-8-12(13)11-16/h1,6-9,16H,3-5,10-11H2,(H,15,17). The maximum Gasteiger partial charge on any atom is 0.224 e. The molecule has 0 heterocycles. The van der Waals surface area contributed by atoms with E-state index in [2.05, 4.69) is 11.2 Å². The molecule has 1 rings (SSSR count). The first-order valence-corrected chi connectivity index (χ1v) is 5.70. The lowest BCUT2D eigenvalue weighted by atomic mass is 10.1. The summed E-state index contributed by atoms with van der Waals surface area (Å²) in [5.41, 5.74) is 1.40. The molecule has 0 aliphatic heterocycles. The molecule has 1 amide bonds. The van der Waals surface area contributed by atoms with Crippen molar-refractivity contribution in [3.8, 4) is 12.3 Å². The number of unbranched alkanes of at least 4 members (excludes halogenated alkanes) is 2. The van der Waals surface area contributed by atoms with Gasteiger partial charge in [0.05, 0.1) is 6.61 Å². The lowest BCUT2D eigenvalue weighted by Gasteiger charge is -2.08. The van der Waals surface area contributed by atoms with E-state index in [0.717, 1.165) is 18.4 Å². The van der Waals surface area contributed by atoms with Gasteiger partial charge in [-0.15, -0.1) is 12.3 Å². The van der Waals surface area contributed by atoms with E-state index in [0.29, 0.717) is 18.5 Å². The van der Waals surface area contributed by atoms with Crippen LogP contribution in [0.2, 0.25) is 0 Å². The highest BCUT2D eigenvalue weighted by molar-refractivity contribution is 5.91. The van der Waals surface area contributed by atoms with Gasteiger partial charge in [0, 0.05) is 24.1 Å². The van der Waals surface area contributed by atoms with Crippen molar-refractivity contribution in [2.24, 2.45) is 0 Å². The highest BCUT2D eigenvalue weighted by Gasteiger charge is 2.05. The molecule has 1 aromatic carbocycles. The van der Waals surface area contributed by atoms with Crippen molar-refractivity contribution < 1.29 is 9.90 Å². The quantitative estimate of drug-likeness (QED) is 0.583. The van der Waals surface area contributed by atoms with Gasteiger partial charge in [-0.3, -0.25) is 4.79 Å². The third-order valence-corrected chi connectivity index (χ3v) is 2.44. The first-order valence-electron chi connectivity index (χ1n) is 5.70. The predicted molar refractivity (Wildman–Crippen MR) is 68.3 cm³/mol. The van der Waals surface area contributed by atoms with Gasteiger partial charge in [0.15, 0.2) is 0 Å². The van der Waals surface area contributed by atoms with E-state index in [1.165, 1.54) is 0 Å². The van der Waals surface area contributed by atoms with Gasteiger partial charge in [0.1, 0.15) is 0 Å². The van der Waals surface area contributed by atoms with Crippen molar-refractivity contribution in [1.82, 2.24) is 0 Å². The van der Waals surface area contributed by atoms with E-state index < -0.39 is 0 Å². The van der Waals surface area contributed by atoms with Crippen LogP contribution in [0.25, 0.3) is 0 Å². The highest BCUT2D eigenvalue weighted by Crippen LogP contribution is 2.15. The largest absolute Gasteiger partial charge is 0.392 e. The van der Waals surface area contributed by atoms with Crippen LogP contribution in [-0.4, -0.2) is 11.0 Å². The molecule has 0 aliphatic rings. The Morgan fingerprint density at radius 2 is 2.12 bits per heavy atom. The van der Waals surface area contributed by atoms with Crippen LogP contribution in [0.5, 0.6) is 0 Å². The van der Waals surface area contributed by atoms with Crippen LogP contribution in [0.4, 0.5) is 5.69 Å². The maximum absolute atomic E-state index is 11.6. The monoisotopic (exact) mass is 231 g/mol. The number of aliphatic hydroxyl groups is 1. The second kappa shape index (κ2) is 7.48. The Hall–Kier alpha value is -1.79. The smallest absolute Gasteiger partial charge is 0.224 e. The molecule has 0 aliphatic carbocycles. The molecule has 0 radical (unpaired) electrons. The van der Waals surface area contributed by atoms with Gasteiger partial charge in [-0.1, -0.05) is 18.2 Å². The zero-order valence-corrected chi connectivity index (χ0v) is 9.78. The van der Waals surface area contributed by atoms with Gasteiger partial charge in [0.25, 0.3) is 0 Å². The first-order chi connectivity index (χ1) is 8.27. The Morgan fingerprint density at radius 3 is 2.82 bits per heavy atom. The molecule has 0 spiro atoms. The average Bonchev–Trinajstić information content (AvgIpc) is 2.35. The maximum atomic E-state index is 11.6. The molecule has 0 saturated carbocycles. The molecule has 0 fully saturated rings. The summed E-state index contributed by atoms with van der Waals surface area (Å²) in [5, 5.41) is 11.9. The Morgan fingerprint density at radius 1 is 1.35 bits per heavy atom. The minimum atomic E-state index is -0.0758. The summed E-state index contributed by atoms with van der Waals surface area (Å²) in [4.78, 5) is 11.6. The van der Waals surface area contributed by atoms with Gasteiger partial charge in [-0.25, -0.2) is 0 Å². The van der Waals surface area contributed by atoms with Crippen LogP contribution in [0.15, 0.2) is 24.3 Å². The summed E-state index contributed by atoms with van der Waals surface area (Å²) in [7, 11) is 0. The second-order valence-corrected chi connectivity index (χ2v) is 3.77. The van der Waals surface area contributed by atoms with Crippen LogP contribution >= 0.6 is 0 Å². The number of amides is 1. The van der Waals surface area contributed by atoms with Gasteiger partial charge in [0.2, 0.25) is 5.91 Å². The van der Waals surface area contributed by atoms with Gasteiger partial charge in [-0.2, -0.15) is 0 Å². The summed E-state index contributed by atoms with van der Waals surface area (Å²) >= 11 is 0. The molecule has 3 nitrogen and oxygen atoms in total. The molecule has 3 heteroatoms. The summed E-state index contributed by atoms with van der Waals surface area (Å²) in [6.07, 6.45) is 7.95. The fourth-order valence-corrected chi connectivity index (χ4v) is 1.51. The molecule has 0 saturated heterocycles. The molecular formula is C14H17NO2. The highest BCUT2D eigenvalue weighted by atomic mass is 16.3. The number of nitrogens with one attached hydrogen (secondary N) is 1. The van der Waals surface area contributed by atoms with Crippen molar-refractivity contribution in [1.29, 1.82) is 0 Å². The lowest BCUT2D eigenvalue weighted by molar-refractivity contribution is -0.116. The van der Waals surface area contributed by atoms with Crippen molar-refractivity contribution in [2.75, 3.05) is 5.32 Å². The van der Waals surface area contributed by atoms with Crippen molar-refractivity contribution in [3.63, 3.8) is 0 Å². The Kier molecular flexibility index (Phi) is 5.84. The fraction of sp³-hybridized carbons (Fsp3) is 0.357. The van der Waals surface area contributed by atoms with Gasteiger partial charge >= 0.3 is 0 Å². The number of terminal acetylenes is 1. The van der Waals surface area contributed by atoms with E-state index in [4.69, 9.17) is 11.5 Å². The van der Waals surface area contributed by atoms with Gasteiger partial charge < -0.3 is 10.4 Å². The molecule has 90 valence electrons. The van der Waals surface area contributed by atoms with Crippen LogP contribution in [0.3, 0.4) is 0 Å². The number of benzene rings is 1. The number of carbonyl (C=O) groups excluding carboxylic acids is 1. The van der Waals surface area contributed by atoms with Crippen molar-refractivity contribution in [2.45, 2.75) is 32.3 Å². The number of anilines is 1. The van der Waals surface area contributed by atoms with Crippen LogP contribution in [0.1, 0.15) is 31.2 Å². The minimum absolute atomic E-state index is 0.0390. The van der Waals surface area contributed by atoms with Crippen LogP contribution in [0, 0.1) is 12.3 Å². The number of hydrogen-bond acceptors (Lipinski definition) is 2. The number of para-hydroxylation sites is 1. The Labute approximate surface area is 102 Å². The number of aliphatic hydroxyl groups excluding tert-OH is 1. The van der Waals surface area contributed by atoms with E-state index in [1.54, 1.807) is 12.1 Å². The Bertz CT molecular complexity index is 407.